The van der Waals surface area contributed by atoms with Gasteiger partial charge in [0.2, 0.25) is 0 Å². The van der Waals surface area contributed by atoms with Crippen LogP contribution in [-0.4, -0.2) is 35.1 Å². The van der Waals surface area contributed by atoms with Crippen molar-refractivity contribution in [1.29, 1.82) is 0 Å². The van der Waals surface area contributed by atoms with E-state index in [2.05, 4.69) is 5.43 Å². The Morgan fingerprint density at radius 2 is 2.10 bits per heavy atom. The molecule has 4 N–H and O–H groups in total. The summed E-state index contributed by atoms with van der Waals surface area (Å²) in [4.78, 5) is 14.1. The number of nitrogen functional groups attached to an aromatic ring is 1. The third-order valence-electron chi connectivity index (χ3n) is 3.97. The maximum Gasteiger partial charge on any atom is 0.255 e. The second kappa shape index (κ2) is 5.81. The van der Waals surface area contributed by atoms with Crippen LogP contribution in [0.15, 0.2) is 18.2 Å². The van der Waals surface area contributed by atoms with Gasteiger partial charge in [-0.2, -0.15) is 0 Å². The molecular weight excluding hydrogens is 254 g/mol. The second-order valence-electron chi connectivity index (χ2n) is 5.79. The molecule has 0 aromatic heterocycles. The molecule has 5 nitrogen and oxygen atoms in total. The second-order valence-corrected chi connectivity index (χ2v) is 5.79. The normalized spacial score (nSPS) is 17.0. The van der Waals surface area contributed by atoms with Crippen LogP contribution in [0.5, 0.6) is 0 Å². The quantitative estimate of drug-likeness (QED) is 0.577. The SMILES string of the molecule is Cc1ccc(NN)c(C(=O)N(C)CC2(O)CCCC2)c1. The molecule has 0 aliphatic heterocycles. The van der Waals surface area contributed by atoms with E-state index in [1.54, 1.807) is 18.0 Å². The highest BCUT2D eigenvalue weighted by Gasteiger charge is 2.33. The van der Waals surface area contributed by atoms with Gasteiger partial charge in [-0.15, -0.1) is 0 Å². The van der Waals surface area contributed by atoms with Crippen LogP contribution in [0.25, 0.3) is 0 Å². The number of aliphatic hydroxyl groups is 1. The number of anilines is 1. The van der Waals surface area contributed by atoms with Gasteiger partial charge in [-0.05, 0) is 31.9 Å². The monoisotopic (exact) mass is 277 g/mol. The van der Waals surface area contributed by atoms with Crippen molar-refractivity contribution >= 4 is 11.6 Å². The van der Waals surface area contributed by atoms with Crippen LogP contribution in [-0.2, 0) is 0 Å². The lowest BCUT2D eigenvalue weighted by atomic mass is 10.0. The van der Waals surface area contributed by atoms with E-state index in [9.17, 15) is 9.90 Å². The predicted molar refractivity (Wildman–Crippen MR) is 79.4 cm³/mol. The van der Waals surface area contributed by atoms with E-state index >= 15 is 0 Å². The summed E-state index contributed by atoms with van der Waals surface area (Å²) in [6.07, 6.45) is 3.58. The van der Waals surface area contributed by atoms with Crippen molar-refractivity contribution in [3.63, 3.8) is 0 Å². The maximum atomic E-state index is 12.5. The Labute approximate surface area is 119 Å². The molecule has 0 heterocycles. The molecule has 20 heavy (non-hydrogen) atoms. The zero-order valence-electron chi connectivity index (χ0n) is 12.1. The summed E-state index contributed by atoms with van der Waals surface area (Å²) in [6, 6.07) is 5.50. The summed E-state index contributed by atoms with van der Waals surface area (Å²) < 4.78 is 0. The van der Waals surface area contributed by atoms with Crippen LogP contribution in [0.4, 0.5) is 5.69 Å². The standard InChI is InChI=1S/C15H23N3O2/c1-11-5-6-13(17-16)12(9-11)14(19)18(2)10-15(20)7-3-4-8-15/h5-6,9,17,20H,3-4,7-8,10,16H2,1-2H3. The number of hydrogen-bond donors (Lipinski definition) is 3. The Hall–Kier alpha value is -1.59. The minimum absolute atomic E-state index is 0.123. The fourth-order valence-electron chi connectivity index (χ4n) is 2.87. The molecule has 1 aromatic carbocycles. The Kier molecular flexibility index (Phi) is 4.30. The molecule has 0 saturated heterocycles. The van der Waals surface area contributed by atoms with E-state index in [0.29, 0.717) is 17.8 Å². The third kappa shape index (κ3) is 3.11. The number of nitrogens with one attached hydrogen (secondary N) is 1. The van der Waals surface area contributed by atoms with Gasteiger partial charge < -0.3 is 15.4 Å². The molecule has 0 bridgehead atoms. The molecule has 5 heteroatoms. The Bertz CT molecular complexity index is 496. The topological polar surface area (TPSA) is 78.6 Å². The Morgan fingerprint density at radius 3 is 2.70 bits per heavy atom. The predicted octanol–water partition coefficient (Wildman–Crippen LogP) is 1.66. The fraction of sp³-hybridized carbons (Fsp3) is 0.533. The Morgan fingerprint density at radius 1 is 1.45 bits per heavy atom. The zero-order valence-corrected chi connectivity index (χ0v) is 12.1. The molecule has 0 atom stereocenters. The first kappa shape index (κ1) is 14.8. The summed E-state index contributed by atoms with van der Waals surface area (Å²) in [5.74, 6) is 5.33. The number of nitrogens with zero attached hydrogens (tertiary/aromatic N) is 1. The average Bonchev–Trinajstić information content (AvgIpc) is 2.84. The van der Waals surface area contributed by atoms with Gasteiger partial charge in [-0.1, -0.05) is 24.5 Å². The molecule has 0 spiro atoms. The van der Waals surface area contributed by atoms with E-state index in [0.717, 1.165) is 31.2 Å². The lowest BCUT2D eigenvalue weighted by Gasteiger charge is -2.29. The largest absolute Gasteiger partial charge is 0.388 e. The highest BCUT2D eigenvalue weighted by atomic mass is 16.3. The highest BCUT2D eigenvalue weighted by molar-refractivity contribution is 5.99. The molecule has 1 aliphatic carbocycles. The van der Waals surface area contributed by atoms with E-state index in [1.807, 2.05) is 19.1 Å². The van der Waals surface area contributed by atoms with Crippen LogP contribution in [0.3, 0.4) is 0 Å². The van der Waals surface area contributed by atoms with Crippen molar-refractivity contribution in [3.05, 3.63) is 29.3 Å². The summed E-state index contributed by atoms with van der Waals surface area (Å²) in [5.41, 5.74) is 3.96. The average molecular weight is 277 g/mol. The van der Waals surface area contributed by atoms with E-state index in [1.165, 1.54) is 0 Å². The summed E-state index contributed by atoms with van der Waals surface area (Å²) in [5, 5.41) is 10.4. The molecule has 1 aromatic rings. The number of hydrazine groups is 1. The van der Waals surface area contributed by atoms with Gasteiger partial charge >= 0.3 is 0 Å². The number of carbonyl (C=O) groups is 1. The summed E-state index contributed by atoms with van der Waals surface area (Å²) in [6.45, 7) is 2.30. The molecule has 0 radical (unpaired) electrons. The minimum atomic E-state index is -0.732. The van der Waals surface area contributed by atoms with Crippen molar-refractivity contribution in [2.24, 2.45) is 5.84 Å². The number of likely N-dealkylation sites (N-methyl/N-ethyl adjacent to an activating group) is 1. The van der Waals surface area contributed by atoms with E-state index in [4.69, 9.17) is 5.84 Å². The molecular formula is C15H23N3O2. The third-order valence-corrected chi connectivity index (χ3v) is 3.97. The first-order valence-electron chi connectivity index (χ1n) is 7.00. The van der Waals surface area contributed by atoms with Crippen molar-refractivity contribution in [2.75, 3.05) is 19.0 Å². The van der Waals surface area contributed by atoms with Crippen molar-refractivity contribution in [3.8, 4) is 0 Å². The molecule has 110 valence electrons. The number of carbonyl (C=O) groups excluding carboxylic acids is 1. The summed E-state index contributed by atoms with van der Waals surface area (Å²) in [7, 11) is 1.72. The van der Waals surface area contributed by atoms with Crippen LogP contribution < -0.4 is 11.3 Å². The highest BCUT2D eigenvalue weighted by Crippen LogP contribution is 2.30. The first-order valence-corrected chi connectivity index (χ1v) is 7.00. The van der Waals surface area contributed by atoms with Crippen LogP contribution >= 0.6 is 0 Å². The number of benzene rings is 1. The number of hydrogen-bond acceptors (Lipinski definition) is 4. The van der Waals surface area contributed by atoms with Gasteiger partial charge in [-0.3, -0.25) is 10.6 Å². The lowest BCUT2D eigenvalue weighted by molar-refractivity contribution is 0.0157. The molecule has 1 amide bonds. The number of aryl methyl sites for hydroxylation is 1. The van der Waals surface area contributed by atoms with Crippen molar-refractivity contribution in [2.45, 2.75) is 38.2 Å². The fourth-order valence-corrected chi connectivity index (χ4v) is 2.87. The first-order chi connectivity index (χ1) is 9.45. The molecule has 2 rings (SSSR count). The van der Waals surface area contributed by atoms with Crippen LogP contribution in [0, 0.1) is 6.92 Å². The van der Waals surface area contributed by atoms with Crippen molar-refractivity contribution < 1.29 is 9.90 Å². The number of amides is 1. The van der Waals surface area contributed by atoms with Gasteiger partial charge in [0.05, 0.1) is 16.9 Å². The number of nitrogens with two attached hydrogens (primary N) is 1. The zero-order chi connectivity index (χ0) is 14.8. The Balaban J connectivity index is 2.16. The van der Waals surface area contributed by atoms with Crippen LogP contribution in [0.2, 0.25) is 0 Å². The van der Waals surface area contributed by atoms with Gasteiger partial charge in [0, 0.05) is 13.6 Å². The minimum Gasteiger partial charge on any atom is -0.388 e. The van der Waals surface area contributed by atoms with Gasteiger partial charge in [0.15, 0.2) is 0 Å². The van der Waals surface area contributed by atoms with Crippen LogP contribution in [0.1, 0.15) is 41.6 Å². The van der Waals surface area contributed by atoms with E-state index < -0.39 is 5.60 Å². The number of rotatable bonds is 4. The smallest absolute Gasteiger partial charge is 0.255 e. The maximum absolute atomic E-state index is 12.5. The summed E-state index contributed by atoms with van der Waals surface area (Å²) >= 11 is 0. The van der Waals surface area contributed by atoms with Crippen molar-refractivity contribution in [1.82, 2.24) is 4.90 Å². The lowest BCUT2D eigenvalue weighted by Crippen LogP contribution is -2.42. The molecule has 0 unspecified atom stereocenters. The molecule has 1 saturated carbocycles. The van der Waals surface area contributed by atoms with Gasteiger partial charge in [0.1, 0.15) is 0 Å². The van der Waals surface area contributed by atoms with Gasteiger partial charge in [-0.25, -0.2) is 0 Å². The van der Waals surface area contributed by atoms with E-state index in [-0.39, 0.29) is 5.91 Å². The molecule has 1 aliphatic rings. The molecule has 1 fully saturated rings. The van der Waals surface area contributed by atoms with Gasteiger partial charge in [0.25, 0.3) is 5.91 Å².